The molecule has 16 heavy (non-hydrogen) atoms. The quantitative estimate of drug-likeness (QED) is 0.658. The first-order valence-electron chi connectivity index (χ1n) is 5.02. The Balaban J connectivity index is 2.15. The number of H-pyrrole nitrogens is 1. The molecule has 3 rings (SSSR count). The summed E-state index contributed by atoms with van der Waals surface area (Å²) < 4.78 is 12.7. The molecule has 2 aromatic heterocycles. The van der Waals surface area contributed by atoms with Crippen molar-refractivity contribution in [2.24, 2.45) is 0 Å². The predicted molar refractivity (Wildman–Crippen MR) is 61.5 cm³/mol. The molecule has 0 aliphatic carbocycles. The van der Waals surface area contributed by atoms with Gasteiger partial charge < -0.3 is 4.98 Å². The molecule has 0 unspecified atom stereocenters. The van der Waals surface area contributed by atoms with Crippen LogP contribution in [-0.4, -0.2) is 9.97 Å². The van der Waals surface area contributed by atoms with Gasteiger partial charge in [-0.25, -0.2) is 4.39 Å². The number of hydrogen-bond donors (Lipinski definition) is 1. The van der Waals surface area contributed by atoms with E-state index in [0.29, 0.717) is 0 Å². The third-order valence-corrected chi connectivity index (χ3v) is 2.53. The molecule has 0 bridgehead atoms. The van der Waals surface area contributed by atoms with Crippen LogP contribution in [0.2, 0.25) is 0 Å². The molecule has 0 atom stereocenters. The second kappa shape index (κ2) is 3.45. The Hall–Kier alpha value is -2.16. The number of aromatic amines is 1. The van der Waals surface area contributed by atoms with E-state index in [-0.39, 0.29) is 5.82 Å². The van der Waals surface area contributed by atoms with E-state index in [1.807, 2.05) is 30.3 Å². The molecule has 0 saturated heterocycles. The summed E-state index contributed by atoms with van der Waals surface area (Å²) in [6, 6.07) is 13.1. The van der Waals surface area contributed by atoms with Gasteiger partial charge in [0.15, 0.2) is 0 Å². The number of nitrogens with zero attached hydrogens (tertiary/aromatic N) is 1. The zero-order chi connectivity index (χ0) is 11.0. The molecule has 0 radical (unpaired) electrons. The largest absolute Gasteiger partial charge is 0.353 e. The second-order valence-corrected chi connectivity index (χ2v) is 3.63. The number of benzene rings is 1. The summed E-state index contributed by atoms with van der Waals surface area (Å²) in [7, 11) is 0. The molecule has 0 aliphatic heterocycles. The average Bonchev–Trinajstić information content (AvgIpc) is 2.73. The third-order valence-electron chi connectivity index (χ3n) is 2.53. The lowest BCUT2D eigenvalue weighted by Gasteiger charge is -1.95. The first-order chi connectivity index (χ1) is 7.83. The normalized spacial score (nSPS) is 10.8. The monoisotopic (exact) mass is 212 g/mol. The van der Waals surface area contributed by atoms with Gasteiger partial charge in [-0.3, -0.25) is 4.98 Å². The Morgan fingerprint density at radius 3 is 2.69 bits per heavy atom. The zero-order valence-electron chi connectivity index (χ0n) is 8.44. The van der Waals surface area contributed by atoms with Gasteiger partial charge in [-0.2, -0.15) is 0 Å². The molecule has 3 aromatic rings. The van der Waals surface area contributed by atoms with Crippen molar-refractivity contribution in [1.82, 2.24) is 9.97 Å². The van der Waals surface area contributed by atoms with Crippen molar-refractivity contribution in [3.8, 4) is 11.4 Å². The molecule has 0 amide bonds. The Bertz CT molecular complexity index is 593. The van der Waals surface area contributed by atoms with Crippen molar-refractivity contribution >= 4 is 10.9 Å². The highest BCUT2D eigenvalue weighted by Crippen LogP contribution is 2.22. The minimum Gasteiger partial charge on any atom is -0.353 e. The molecule has 0 fully saturated rings. The van der Waals surface area contributed by atoms with Crippen molar-refractivity contribution < 1.29 is 4.39 Å². The number of aromatic nitrogens is 2. The summed E-state index contributed by atoms with van der Waals surface area (Å²) in [6.07, 6.45) is 1.22. The number of pyridine rings is 1. The highest BCUT2D eigenvalue weighted by Gasteiger charge is 2.03. The van der Waals surface area contributed by atoms with Crippen LogP contribution in [0.4, 0.5) is 4.39 Å². The summed E-state index contributed by atoms with van der Waals surface area (Å²) in [5.41, 5.74) is 2.71. The lowest BCUT2D eigenvalue weighted by Crippen LogP contribution is -1.83. The maximum absolute atomic E-state index is 12.7. The molecular formula is C13H9FN2. The van der Waals surface area contributed by atoms with Crippen LogP contribution in [0.1, 0.15) is 0 Å². The molecule has 0 saturated carbocycles. The third kappa shape index (κ3) is 1.46. The van der Waals surface area contributed by atoms with Crippen molar-refractivity contribution in [1.29, 1.82) is 0 Å². The van der Waals surface area contributed by atoms with Crippen molar-refractivity contribution in [2.45, 2.75) is 0 Å². The van der Waals surface area contributed by atoms with Gasteiger partial charge in [-0.05, 0) is 24.3 Å². The van der Waals surface area contributed by atoms with Gasteiger partial charge in [0.1, 0.15) is 5.82 Å². The number of fused-ring (bicyclic) bond motifs is 1. The van der Waals surface area contributed by atoms with Crippen LogP contribution in [0.3, 0.4) is 0 Å². The van der Waals surface area contributed by atoms with E-state index in [1.165, 1.54) is 12.3 Å². The van der Waals surface area contributed by atoms with E-state index < -0.39 is 0 Å². The highest BCUT2D eigenvalue weighted by molar-refractivity contribution is 5.85. The molecule has 1 N–H and O–H groups in total. The van der Waals surface area contributed by atoms with Crippen LogP contribution in [0.5, 0.6) is 0 Å². The number of para-hydroxylation sites is 1. The first kappa shape index (κ1) is 9.09. The van der Waals surface area contributed by atoms with Crippen molar-refractivity contribution in [3.05, 3.63) is 54.5 Å². The first-order valence-corrected chi connectivity index (χ1v) is 5.02. The number of nitrogens with one attached hydrogen (secondary N) is 1. The number of halogens is 1. The van der Waals surface area contributed by atoms with Crippen LogP contribution in [-0.2, 0) is 0 Å². The highest BCUT2D eigenvalue weighted by atomic mass is 19.1. The Kier molecular flexibility index (Phi) is 1.96. The lowest BCUT2D eigenvalue weighted by atomic mass is 10.2. The summed E-state index contributed by atoms with van der Waals surface area (Å²) in [5, 5.41) is 1.13. The Morgan fingerprint density at radius 1 is 1.06 bits per heavy atom. The smallest absolute Gasteiger partial charge is 0.141 e. The zero-order valence-corrected chi connectivity index (χ0v) is 8.44. The van der Waals surface area contributed by atoms with Gasteiger partial charge in [-0.15, -0.1) is 0 Å². The van der Waals surface area contributed by atoms with Crippen LogP contribution < -0.4 is 0 Å². The molecule has 3 heteroatoms. The molecule has 1 aromatic carbocycles. The molecule has 78 valence electrons. The minimum absolute atomic E-state index is 0.320. The molecule has 0 spiro atoms. The standard InChI is InChI=1S/C13H9FN2/c14-10-5-6-12(15-8-10)13-7-9-3-1-2-4-11(9)16-13/h1-8,16H. The fourth-order valence-corrected chi connectivity index (χ4v) is 1.75. The summed E-state index contributed by atoms with van der Waals surface area (Å²) in [6.45, 7) is 0. The van der Waals surface area contributed by atoms with Crippen molar-refractivity contribution in [3.63, 3.8) is 0 Å². The van der Waals surface area contributed by atoms with Gasteiger partial charge in [0.25, 0.3) is 0 Å². The van der Waals surface area contributed by atoms with Crippen LogP contribution in [0.25, 0.3) is 22.3 Å². The maximum Gasteiger partial charge on any atom is 0.141 e. The predicted octanol–water partition coefficient (Wildman–Crippen LogP) is 3.37. The van der Waals surface area contributed by atoms with Gasteiger partial charge in [-0.1, -0.05) is 18.2 Å². The van der Waals surface area contributed by atoms with E-state index in [2.05, 4.69) is 9.97 Å². The van der Waals surface area contributed by atoms with E-state index >= 15 is 0 Å². The van der Waals surface area contributed by atoms with E-state index in [9.17, 15) is 4.39 Å². The number of rotatable bonds is 1. The fourth-order valence-electron chi connectivity index (χ4n) is 1.75. The fraction of sp³-hybridized carbons (Fsp3) is 0. The lowest BCUT2D eigenvalue weighted by molar-refractivity contribution is 0.622. The molecule has 2 nitrogen and oxygen atoms in total. The second-order valence-electron chi connectivity index (χ2n) is 3.63. The average molecular weight is 212 g/mol. The van der Waals surface area contributed by atoms with Crippen molar-refractivity contribution in [2.75, 3.05) is 0 Å². The minimum atomic E-state index is -0.320. The summed E-state index contributed by atoms with van der Waals surface area (Å²) in [4.78, 5) is 7.28. The van der Waals surface area contributed by atoms with Crippen LogP contribution in [0.15, 0.2) is 48.7 Å². The summed E-state index contributed by atoms with van der Waals surface area (Å²) in [5.74, 6) is -0.320. The summed E-state index contributed by atoms with van der Waals surface area (Å²) >= 11 is 0. The van der Waals surface area contributed by atoms with Gasteiger partial charge in [0, 0.05) is 10.9 Å². The van der Waals surface area contributed by atoms with E-state index in [4.69, 9.17) is 0 Å². The van der Waals surface area contributed by atoms with Crippen LogP contribution >= 0.6 is 0 Å². The van der Waals surface area contributed by atoms with Crippen LogP contribution in [0, 0.1) is 5.82 Å². The topological polar surface area (TPSA) is 28.7 Å². The van der Waals surface area contributed by atoms with E-state index in [0.717, 1.165) is 22.3 Å². The maximum atomic E-state index is 12.7. The van der Waals surface area contributed by atoms with Gasteiger partial charge >= 0.3 is 0 Å². The van der Waals surface area contributed by atoms with E-state index in [1.54, 1.807) is 6.07 Å². The molecular weight excluding hydrogens is 203 g/mol. The molecule has 2 heterocycles. The van der Waals surface area contributed by atoms with Gasteiger partial charge in [0.2, 0.25) is 0 Å². The SMILES string of the molecule is Fc1ccc(-c2cc3ccccc3[nH]2)nc1. The van der Waals surface area contributed by atoms with Gasteiger partial charge in [0.05, 0.1) is 17.6 Å². The Labute approximate surface area is 91.8 Å². The number of hydrogen-bond acceptors (Lipinski definition) is 1. The Morgan fingerprint density at radius 2 is 1.94 bits per heavy atom. The molecule has 0 aliphatic rings.